The molecule has 1 aromatic heterocycles. The predicted molar refractivity (Wildman–Crippen MR) is 76.3 cm³/mol. The zero-order valence-corrected chi connectivity index (χ0v) is 12.7. The third-order valence-electron chi connectivity index (χ3n) is 2.66. The average Bonchev–Trinajstić information content (AvgIpc) is 2.40. The van der Waals surface area contributed by atoms with Crippen molar-refractivity contribution in [1.82, 2.24) is 9.97 Å². The molecule has 2 nitrogen and oxygen atoms in total. The van der Waals surface area contributed by atoms with Gasteiger partial charge < -0.3 is 0 Å². The van der Waals surface area contributed by atoms with E-state index in [0.29, 0.717) is 28.0 Å². The number of halogens is 3. The van der Waals surface area contributed by atoms with Crippen molar-refractivity contribution in [3.05, 3.63) is 46.4 Å². The Hall–Kier alpha value is -1.20. The van der Waals surface area contributed by atoms with Gasteiger partial charge in [0.15, 0.2) is 0 Å². The summed E-state index contributed by atoms with van der Waals surface area (Å²) in [6.45, 7) is 3.77. The standard InChI is InChI=1S/C14H13ClF2N2S/c1-3-4-12-18-13(15)8(2)14(19-12)20-11-7-9(16)5-6-10(11)17/h5-7H,3-4H2,1-2H3. The van der Waals surface area contributed by atoms with Gasteiger partial charge in [0.1, 0.15) is 27.6 Å². The summed E-state index contributed by atoms with van der Waals surface area (Å²) in [6, 6.07) is 3.33. The van der Waals surface area contributed by atoms with E-state index in [1.54, 1.807) is 6.92 Å². The molecule has 0 aliphatic carbocycles. The van der Waals surface area contributed by atoms with E-state index in [1.807, 2.05) is 6.92 Å². The molecule has 0 saturated heterocycles. The van der Waals surface area contributed by atoms with Crippen LogP contribution in [0.15, 0.2) is 28.1 Å². The molecule has 0 radical (unpaired) electrons. The van der Waals surface area contributed by atoms with Crippen LogP contribution in [0, 0.1) is 18.6 Å². The van der Waals surface area contributed by atoms with Gasteiger partial charge in [-0.1, -0.05) is 30.3 Å². The molecule has 0 saturated carbocycles. The van der Waals surface area contributed by atoms with Crippen LogP contribution in [0.1, 0.15) is 24.7 Å². The fraction of sp³-hybridized carbons (Fsp3) is 0.286. The molecule has 106 valence electrons. The van der Waals surface area contributed by atoms with E-state index < -0.39 is 11.6 Å². The molecule has 0 bridgehead atoms. The van der Waals surface area contributed by atoms with E-state index in [4.69, 9.17) is 11.6 Å². The molecule has 0 unspecified atom stereocenters. The largest absolute Gasteiger partial charge is 0.226 e. The van der Waals surface area contributed by atoms with Crippen molar-refractivity contribution in [1.29, 1.82) is 0 Å². The van der Waals surface area contributed by atoms with Crippen LogP contribution in [0.2, 0.25) is 5.15 Å². The predicted octanol–water partition coefficient (Wildman–Crippen LogP) is 4.82. The molecule has 2 rings (SSSR count). The first-order valence-corrected chi connectivity index (χ1v) is 7.36. The van der Waals surface area contributed by atoms with Gasteiger partial charge in [-0.3, -0.25) is 0 Å². The number of hydrogen-bond acceptors (Lipinski definition) is 3. The second-order valence-corrected chi connectivity index (χ2v) is 5.68. The first-order chi connectivity index (χ1) is 9.51. The van der Waals surface area contributed by atoms with Crippen LogP contribution in [-0.2, 0) is 6.42 Å². The van der Waals surface area contributed by atoms with Crippen LogP contribution in [0.3, 0.4) is 0 Å². The molecule has 0 spiro atoms. The van der Waals surface area contributed by atoms with E-state index in [9.17, 15) is 8.78 Å². The summed E-state index contributed by atoms with van der Waals surface area (Å²) in [5, 5.41) is 0.903. The smallest absolute Gasteiger partial charge is 0.137 e. The van der Waals surface area contributed by atoms with Gasteiger partial charge in [-0.25, -0.2) is 18.7 Å². The van der Waals surface area contributed by atoms with Gasteiger partial charge in [-0.15, -0.1) is 0 Å². The highest BCUT2D eigenvalue weighted by molar-refractivity contribution is 7.99. The van der Waals surface area contributed by atoms with Crippen LogP contribution in [0.4, 0.5) is 8.78 Å². The minimum atomic E-state index is -0.486. The zero-order valence-electron chi connectivity index (χ0n) is 11.1. The Morgan fingerprint density at radius 3 is 2.70 bits per heavy atom. The molecule has 1 heterocycles. The Kier molecular flexibility index (Phi) is 4.94. The Bertz CT molecular complexity index is 635. The minimum absolute atomic E-state index is 0.185. The van der Waals surface area contributed by atoms with Crippen LogP contribution in [0.25, 0.3) is 0 Å². The van der Waals surface area contributed by atoms with Crippen LogP contribution >= 0.6 is 23.4 Å². The fourth-order valence-corrected chi connectivity index (χ4v) is 2.80. The van der Waals surface area contributed by atoms with Crippen molar-refractivity contribution in [3.8, 4) is 0 Å². The number of nitrogens with zero attached hydrogens (tertiary/aromatic N) is 2. The molecule has 20 heavy (non-hydrogen) atoms. The molecule has 2 aromatic rings. The number of rotatable bonds is 4. The van der Waals surface area contributed by atoms with Crippen molar-refractivity contribution in [2.45, 2.75) is 36.6 Å². The van der Waals surface area contributed by atoms with Crippen LogP contribution < -0.4 is 0 Å². The molecule has 0 atom stereocenters. The van der Waals surface area contributed by atoms with Gasteiger partial charge in [0.25, 0.3) is 0 Å². The first-order valence-electron chi connectivity index (χ1n) is 6.17. The molecule has 0 aliphatic rings. The Morgan fingerprint density at radius 1 is 1.25 bits per heavy atom. The van der Waals surface area contributed by atoms with E-state index in [2.05, 4.69) is 9.97 Å². The quantitative estimate of drug-likeness (QED) is 0.757. The van der Waals surface area contributed by atoms with E-state index in [1.165, 1.54) is 0 Å². The van der Waals surface area contributed by atoms with Crippen molar-refractivity contribution in [2.75, 3.05) is 0 Å². The van der Waals surface area contributed by atoms with Crippen molar-refractivity contribution >= 4 is 23.4 Å². The van der Waals surface area contributed by atoms with Gasteiger partial charge in [0.05, 0.1) is 4.90 Å². The lowest BCUT2D eigenvalue weighted by Gasteiger charge is -2.09. The fourth-order valence-electron chi connectivity index (χ4n) is 1.61. The lowest BCUT2D eigenvalue weighted by molar-refractivity contribution is 0.577. The van der Waals surface area contributed by atoms with Gasteiger partial charge in [0, 0.05) is 12.0 Å². The molecule has 0 N–H and O–H groups in total. The summed E-state index contributed by atoms with van der Waals surface area (Å²) in [5.41, 5.74) is 0.667. The average molecular weight is 315 g/mol. The molecule has 6 heteroatoms. The third kappa shape index (κ3) is 3.46. The number of aromatic nitrogens is 2. The Morgan fingerprint density at radius 2 is 2.00 bits per heavy atom. The molecule has 1 aromatic carbocycles. The summed E-state index contributed by atoms with van der Waals surface area (Å²) >= 11 is 7.12. The maximum Gasteiger partial charge on any atom is 0.137 e. The first kappa shape index (κ1) is 15.2. The number of benzene rings is 1. The summed E-state index contributed by atoms with van der Waals surface area (Å²) < 4.78 is 26.9. The molecular weight excluding hydrogens is 302 g/mol. The van der Waals surface area contributed by atoms with Gasteiger partial charge in [-0.05, 0) is 31.5 Å². The second-order valence-electron chi connectivity index (χ2n) is 4.29. The molecule has 0 amide bonds. The van der Waals surface area contributed by atoms with Crippen LogP contribution in [-0.4, -0.2) is 9.97 Å². The monoisotopic (exact) mass is 314 g/mol. The van der Waals surface area contributed by atoms with Crippen molar-refractivity contribution in [3.63, 3.8) is 0 Å². The Balaban J connectivity index is 2.39. The highest BCUT2D eigenvalue weighted by atomic mass is 35.5. The number of hydrogen-bond donors (Lipinski definition) is 0. The number of aryl methyl sites for hydroxylation is 1. The second kappa shape index (κ2) is 6.50. The van der Waals surface area contributed by atoms with Crippen molar-refractivity contribution in [2.24, 2.45) is 0 Å². The highest BCUT2D eigenvalue weighted by Gasteiger charge is 2.13. The SMILES string of the molecule is CCCc1nc(Cl)c(C)c(Sc2cc(F)ccc2F)n1. The van der Waals surface area contributed by atoms with Gasteiger partial charge in [0.2, 0.25) is 0 Å². The van der Waals surface area contributed by atoms with E-state index >= 15 is 0 Å². The molecule has 0 aliphatic heterocycles. The van der Waals surface area contributed by atoms with E-state index in [-0.39, 0.29) is 4.90 Å². The maximum atomic E-state index is 13.7. The zero-order chi connectivity index (χ0) is 14.7. The summed E-state index contributed by atoms with van der Waals surface area (Å²) in [7, 11) is 0. The molecular formula is C14H13ClF2N2S. The van der Waals surface area contributed by atoms with Gasteiger partial charge in [-0.2, -0.15) is 0 Å². The topological polar surface area (TPSA) is 25.8 Å². The minimum Gasteiger partial charge on any atom is -0.226 e. The maximum absolute atomic E-state index is 13.7. The Labute approximate surface area is 125 Å². The lowest BCUT2D eigenvalue weighted by Crippen LogP contribution is -2.00. The van der Waals surface area contributed by atoms with E-state index in [0.717, 1.165) is 36.4 Å². The summed E-state index contributed by atoms with van der Waals surface area (Å²) in [4.78, 5) is 8.73. The summed E-state index contributed by atoms with van der Waals surface area (Å²) in [6.07, 6.45) is 1.58. The lowest BCUT2D eigenvalue weighted by atomic mass is 10.3. The summed E-state index contributed by atoms with van der Waals surface area (Å²) in [5.74, 6) is -0.356. The van der Waals surface area contributed by atoms with Crippen LogP contribution in [0.5, 0.6) is 0 Å². The van der Waals surface area contributed by atoms with Crippen molar-refractivity contribution < 1.29 is 8.78 Å². The molecule has 0 fully saturated rings. The third-order valence-corrected chi connectivity index (χ3v) is 4.15. The normalized spacial score (nSPS) is 10.8. The highest BCUT2D eigenvalue weighted by Crippen LogP contribution is 2.33. The van der Waals surface area contributed by atoms with Gasteiger partial charge >= 0.3 is 0 Å².